The Kier molecular flexibility index (Phi) is 5.57. The van der Waals surface area contributed by atoms with Gasteiger partial charge in [0, 0.05) is 5.02 Å². The van der Waals surface area contributed by atoms with Gasteiger partial charge in [-0.05, 0) is 29.1 Å². The van der Waals surface area contributed by atoms with Crippen LogP contribution in [0.15, 0.2) is 48.4 Å². The van der Waals surface area contributed by atoms with E-state index in [-0.39, 0.29) is 18.4 Å². The van der Waals surface area contributed by atoms with E-state index in [1.54, 1.807) is 41.8 Å². The Labute approximate surface area is 137 Å². The van der Waals surface area contributed by atoms with Crippen molar-refractivity contribution in [3.63, 3.8) is 0 Å². The summed E-state index contributed by atoms with van der Waals surface area (Å²) in [6.07, 6.45) is 0. The average Bonchev–Trinajstić information content (AvgIpc) is 3.05. The molecule has 0 atom stereocenters. The SMILES string of the molecule is C=C(NNC(=O)CNC(=O)c1cccs1)c1ccc(Cl)cc1. The van der Waals surface area contributed by atoms with Crippen molar-refractivity contribution in [2.24, 2.45) is 0 Å². The van der Waals surface area contributed by atoms with Gasteiger partial charge in [0.1, 0.15) is 0 Å². The van der Waals surface area contributed by atoms with Gasteiger partial charge in [-0.15, -0.1) is 11.3 Å². The molecule has 5 nitrogen and oxygen atoms in total. The predicted molar refractivity (Wildman–Crippen MR) is 88.4 cm³/mol. The van der Waals surface area contributed by atoms with E-state index in [4.69, 9.17) is 11.6 Å². The zero-order valence-electron chi connectivity index (χ0n) is 11.6. The lowest BCUT2D eigenvalue weighted by Gasteiger charge is -2.11. The molecule has 0 unspecified atom stereocenters. The van der Waals surface area contributed by atoms with Crippen molar-refractivity contribution >= 4 is 40.4 Å². The molecule has 0 saturated heterocycles. The number of thiophene rings is 1. The highest BCUT2D eigenvalue weighted by atomic mass is 35.5. The Balaban J connectivity index is 1.74. The third kappa shape index (κ3) is 4.61. The van der Waals surface area contributed by atoms with Gasteiger partial charge < -0.3 is 5.32 Å². The topological polar surface area (TPSA) is 70.2 Å². The second-order valence-electron chi connectivity index (χ2n) is 4.32. The summed E-state index contributed by atoms with van der Waals surface area (Å²) in [5, 5.41) is 4.95. The summed E-state index contributed by atoms with van der Waals surface area (Å²) >= 11 is 7.11. The van der Waals surface area contributed by atoms with Crippen LogP contribution in [-0.4, -0.2) is 18.4 Å². The number of rotatable bonds is 6. The number of hydrogen-bond acceptors (Lipinski definition) is 4. The van der Waals surface area contributed by atoms with E-state index >= 15 is 0 Å². The summed E-state index contributed by atoms with van der Waals surface area (Å²) < 4.78 is 0. The molecular weight excluding hydrogens is 322 g/mol. The van der Waals surface area contributed by atoms with Gasteiger partial charge >= 0.3 is 0 Å². The molecule has 2 rings (SSSR count). The van der Waals surface area contributed by atoms with Crippen molar-refractivity contribution in [3.8, 4) is 0 Å². The lowest BCUT2D eigenvalue weighted by Crippen LogP contribution is -2.42. The number of carbonyl (C=O) groups is 2. The third-order valence-electron chi connectivity index (χ3n) is 2.70. The first-order chi connectivity index (χ1) is 10.6. The minimum Gasteiger partial charge on any atom is -0.342 e. The van der Waals surface area contributed by atoms with Crippen LogP contribution in [0.25, 0.3) is 5.70 Å². The minimum absolute atomic E-state index is 0.127. The molecule has 1 heterocycles. The van der Waals surface area contributed by atoms with Crippen LogP contribution in [0.4, 0.5) is 0 Å². The van der Waals surface area contributed by atoms with Gasteiger partial charge in [0.05, 0.1) is 17.1 Å². The molecule has 0 aliphatic carbocycles. The summed E-state index contributed by atoms with van der Waals surface area (Å²) in [5.41, 5.74) is 6.48. The summed E-state index contributed by atoms with van der Waals surface area (Å²) in [7, 11) is 0. The highest BCUT2D eigenvalue weighted by Gasteiger charge is 2.08. The highest BCUT2D eigenvalue weighted by Crippen LogP contribution is 2.13. The molecule has 1 aromatic heterocycles. The fraction of sp³-hybridized carbons (Fsp3) is 0.0667. The standard InChI is InChI=1S/C15H14ClN3O2S/c1-10(11-4-6-12(16)7-5-11)18-19-14(20)9-17-15(21)13-3-2-8-22-13/h2-8,18H,1,9H2,(H,17,21)(H,19,20). The number of amides is 2. The second-order valence-corrected chi connectivity index (χ2v) is 5.70. The van der Waals surface area contributed by atoms with Crippen LogP contribution in [-0.2, 0) is 4.79 Å². The Hall–Kier alpha value is -2.31. The summed E-state index contributed by atoms with van der Waals surface area (Å²) in [4.78, 5) is 23.9. The number of nitrogens with one attached hydrogen (secondary N) is 3. The van der Waals surface area contributed by atoms with Crippen LogP contribution < -0.4 is 16.2 Å². The van der Waals surface area contributed by atoms with E-state index in [1.165, 1.54) is 11.3 Å². The fourth-order valence-corrected chi connectivity index (χ4v) is 2.33. The number of benzene rings is 1. The molecule has 114 valence electrons. The van der Waals surface area contributed by atoms with Crippen LogP contribution in [0.3, 0.4) is 0 Å². The van der Waals surface area contributed by atoms with E-state index in [0.29, 0.717) is 15.6 Å². The molecule has 22 heavy (non-hydrogen) atoms. The number of hydrazine groups is 1. The minimum atomic E-state index is -0.375. The maximum absolute atomic E-state index is 11.7. The second kappa shape index (κ2) is 7.63. The van der Waals surface area contributed by atoms with Gasteiger partial charge in [-0.1, -0.05) is 36.4 Å². The van der Waals surface area contributed by atoms with Crippen LogP contribution in [0.1, 0.15) is 15.2 Å². The molecule has 0 saturated carbocycles. The summed E-state index contributed by atoms with van der Waals surface area (Å²) in [6.45, 7) is 3.68. The zero-order valence-corrected chi connectivity index (χ0v) is 13.1. The first-order valence-electron chi connectivity index (χ1n) is 6.37. The van der Waals surface area contributed by atoms with Crippen molar-refractivity contribution in [1.82, 2.24) is 16.2 Å². The summed E-state index contributed by atoms with van der Waals surface area (Å²) in [6, 6.07) is 10.5. The first-order valence-corrected chi connectivity index (χ1v) is 7.63. The maximum Gasteiger partial charge on any atom is 0.261 e. The molecular formula is C15H14ClN3O2S. The number of carbonyl (C=O) groups excluding carboxylic acids is 2. The van der Waals surface area contributed by atoms with E-state index in [9.17, 15) is 9.59 Å². The van der Waals surface area contributed by atoms with Gasteiger partial charge in [-0.25, -0.2) is 0 Å². The number of hydrogen-bond donors (Lipinski definition) is 3. The molecule has 0 aliphatic heterocycles. The van der Waals surface area contributed by atoms with Gasteiger partial charge in [-0.2, -0.15) is 0 Å². The molecule has 7 heteroatoms. The predicted octanol–water partition coefficient (Wildman–Crippen LogP) is 2.42. The first kappa shape index (κ1) is 16.1. The number of halogens is 1. The lowest BCUT2D eigenvalue weighted by atomic mass is 10.2. The molecule has 0 spiro atoms. The quantitative estimate of drug-likeness (QED) is 0.710. The molecule has 0 radical (unpaired) electrons. The molecule has 0 fully saturated rings. The van der Waals surface area contributed by atoms with E-state index < -0.39 is 0 Å². The Bertz CT molecular complexity index is 669. The van der Waals surface area contributed by atoms with E-state index in [1.807, 2.05) is 0 Å². The van der Waals surface area contributed by atoms with Crippen molar-refractivity contribution in [3.05, 3.63) is 63.8 Å². The van der Waals surface area contributed by atoms with Gasteiger partial charge in [0.15, 0.2) is 0 Å². The smallest absolute Gasteiger partial charge is 0.261 e. The Morgan fingerprint density at radius 1 is 1.14 bits per heavy atom. The Morgan fingerprint density at radius 3 is 2.50 bits per heavy atom. The van der Waals surface area contributed by atoms with Crippen molar-refractivity contribution in [1.29, 1.82) is 0 Å². The maximum atomic E-state index is 11.7. The largest absolute Gasteiger partial charge is 0.342 e. The molecule has 2 aromatic rings. The van der Waals surface area contributed by atoms with Crippen LogP contribution in [0.2, 0.25) is 5.02 Å². The lowest BCUT2D eigenvalue weighted by molar-refractivity contribution is -0.120. The summed E-state index contributed by atoms with van der Waals surface area (Å²) in [5.74, 6) is -0.651. The molecule has 3 N–H and O–H groups in total. The van der Waals surface area contributed by atoms with Gasteiger partial charge in [-0.3, -0.25) is 20.4 Å². The van der Waals surface area contributed by atoms with Gasteiger partial charge in [0.25, 0.3) is 11.8 Å². The average molecular weight is 336 g/mol. The highest BCUT2D eigenvalue weighted by molar-refractivity contribution is 7.12. The van der Waals surface area contributed by atoms with Crippen LogP contribution in [0, 0.1) is 0 Å². The monoisotopic (exact) mass is 335 g/mol. The van der Waals surface area contributed by atoms with Crippen LogP contribution in [0.5, 0.6) is 0 Å². The van der Waals surface area contributed by atoms with E-state index in [0.717, 1.165) is 5.56 Å². The van der Waals surface area contributed by atoms with Crippen LogP contribution >= 0.6 is 22.9 Å². The molecule has 0 aliphatic rings. The molecule has 0 bridgehead atoms. The zero-order chi connectivity index (χ0) is 15.9. The van der Waals surface area contributed by atoms with Gasteiger partial charge in [0.2, 0.25) is 0 Å². The molecule has 1 aromatic carbocycles. The Morgan fingerprint density at radius 2 is 1.86 bits per heavy atom. The van der Waals surface area contributed by atoms with Crippen molar-refractivity contribution in [2.75, 3.05) is 6.54 Å². The third-order valence-corrected chi connectivity index (χ3v) is 3.82. The fourth-order valence-electron chi connectivity index (χ4n) is 1.57. The van der Waals surface area contributed by atoms with Crippen molar-refractivity contribution in [2.45, 2.75) is 0 Å². The normalized spacial score (nSPS) is 9.86. The van der Waals surface area contributed by atoms with E-state index in [2.05, 4.69) is 22.7 Å². The molecule has 2 amide bonds. The van der Waals surface area contributed by atoms with Crippen molar-refractivity contribution < 1.29 is 9.59 Å².